The van der Waals surface area contributed by atoms with Gasteiger partial charge in [-0.05, 0) is 37.5 Å². The predicted octanol–water partition coefficient (Wildman–Crippen LogP) is 3.76. The molecule has 1 aliphatic rings. The SMILES string of the molecule is CC1CCc2ccccc2N1C(=O)c1cc(Cl)nnc1Cl. The van der Waals surface area contributed by atoms with Crippen LogP contribution in [0.5, 0.6) is 0 Å². The summed E-state index contributed by atoms with van der Waals surface area (Å²) >= 11 is 11.8. The summed E-state index contributed by atoms with van der Waals surface area (Å²) in [7, 11) is 0. The maximum absolute atomic E-state index is 12.9. The normalized spacial score (nSPS) is 17.5. The fraction of sp³-hybridized carbons (Fsp3) is 0.267. The number of carbonyl (C=O) groups excluding carboxylic acids is 1. The van der Waals surface area contributed by atoms with Gasteiger partial charge in [-0.25, -0.2) is 0 Å². The monoisotopic (exact) mass is 321 g/mol. The molecule has 1 aliphatic heterocycles. The Morgan fingerprint density at radius 3 is 2.86 bits per heavy atom. The Labute approximate surface area is 132 Å². The number of nitrogens with zero attached hydrogens (tertiary/aromatic N) is 3. The van der Waals surface area contributed by atoms with Crippen molar-refractivity contribution in [3.63, 3.8) is 0 Å². The molecule has 1 aromatic carbocycles. The van der Waals surface area contributed by atoms with Crippen molar-refractivity contribution in [2.45, 2.75) is 25.8 Å². The van der Waals surface area contributed by atoms with Crippen LogP contribution in [0.2, 0.25) is 10.3 Å². The minimum absolute atomic E-state index is 0.0691. The highest BCUT2D eigenvalue weighted by Crippen LogP contribution is 2.32. The molecule has 0 N–H and O–H groups in total. The maximum atomic E-state index is 12.9. The van der Waals surface area contributed by atoms with Crippen molar-refractivity contribution in [1.82, 2.24) is 10.2 Å². The Bertz CT molecular complexity index is 705. The van der Waals surface area contributed by atoms with Gasteiger partial charge in [-0.15, -0.1) is 10.2 Å². The first kappa shape index (κ1) is 14.3. The van der Waals surface area contributed by atoms with Gasteiger partial charge >= 0.3 is 0 Å². The van der Waals surface area contributed by atoms with E-state index in [0.29, 0.717) is 0 Å². The van der Waals surface area contributed by atoms with E-state index < -0.39 is 0 Å². The van der Waals surface area contributed by atoms with Crippen molar-refractivity contribution in [2.24, 2.45) is 0 Å². The molecule has 1 amide bonds. The minimum atomic E-state index is -0.198. The largest absolute Gasteiger partial charge is 0.305 e. The standard InChI is InChI=1S/C15H13Cl2N3O/c1-9-6-7-10-4-2-3-5-12(10)20(9)15(21)11-8-13(16)18-19-14(11)17/h2-5,8-9H,6-7H2,1H3. The number of fused-ring (bicyclic) bond motifs is 1. The molecular formula is C15H13Cl2N3O. The molecule has 6 heteroatoms. The number of para-hydroxylation sites is 1. The van der Waals surface area contributed by atoms with Crippen molar-refractivity contribution in [3.8, 4) is 0 Å². The molecule has 0 bridgehead atoms. The first-order valence-corrected chi connectivity index (χ1v) is 7.43. The molecule has 2 heterocycles. The van der Waals surface area contributed by atoms with E-state index in [-0.39, 0.29) is 27.8 Å². The lowest BCUT2D eigenvalue weighted by atomic mass is 9.96. The van der Waals surface area contributed by atoms with Gasteiger partial charge < -0.3 is 4.90 Å². The van der Waals surface area contributed by atoms with Gasteiger partial charge in [0, 0.05) is 11.7 Å². The Morgan fingerprint density at radius 1 is 1.29 bits per heavy atom. The zero-order chi connectivity index (χ0) is 15.0. The van der Waals surface area contributed by atoms with Gasteiger partial charge in [0.05, 0.1) is 5.56 Å². The fourth-order valence-electron chi connectivity index (χ4n) is 2.63. The van der Waals surface area contributed by atoms with E-state index in [4.69, 9.17) is 23.2 Å². The van der Waals surface area contributed by atoms with E-state index >= 15 is 0 Å². The van der Waals surface area contributed by atoms with Gasteiger partial charge in [0.2, 0.25) is 0 Å². The summed E-state index contributed by atoms with van der Waals surface area (Å²) in [4.78, 5) is 14.6. The van der Waals surface area contributed by atoms with Crippen LogP contribution >= 0.6 is 23.2 Å². The highest BCUT2D eigenvalue weighted by molar-refractivity contribution is 6.34. The van der Waals surface area contributed by atoms with Crippen LogP contribution in [0.15, 0.2) is 30.3 Å². The van der Waals surface area contributed by atoms with Gasteiger partial charge in [-0.2, -0.15) is 0 Å². The number of carbonyl (C=O) groups is 1. The molecule has 0 saturated heterocycles. The fourth-order valence-corrected chi connectivity index (χ4v) is 2.95. The third-order valence-electron chi connectivity index (χ3n) is 3.69. The average molecular weight is 322 g/mol. The topological polar surface area (TPSA) is 46.1 Å². The number of hydrogen-bond donors (Lipinski definition) is 0. The van der Waals surface area contributed by atoms with E-state index in [0.717, 1.165) is 24.1 Å². The Kier molecular flexibility index (Phi) is 3.83. The number of aryl methyl sites for hydroxylation is 1. The Balaban J connectivity index is 2.07. The number of anilines is 1. The third-order valence-corrected chi connectivity index (χ3v) is 4.16. The van der Waals surface area contributed by atoms with Crippen LogP contribution < -0.4 is 4.90 Å². The minimum Gasteiger partial charge on any atom is -0.305 e. The second-order valence-corrected chi connectivity index (χ2v) is 5.81. The molecule has 0 saturated carbocycles. The molecule has 0 fully saturated rings. The van der Waals surface area contributed by atoms with Crippen LogP contribution in [0.1, 0.15) is 29.3 Å². The van der Waals surface area contributed by atoms with Gasteiger partial charge in [0.1, 0.15) is 0 Å². The van der Waals surface area contributed by atoms with Crippen LogP contribution in [0.4, 0.5) is 5.69 Å². The number of benzene rings is 1. The number of aromatic nitrogens is 2. The summed E-state index contributed by atoms with van der Waals surface area (Å²) < 4.78 is 0. The molecule has 1 unspecified atom stereocenters. The summed E-state index contributed by atoms with van der Waals surface area (Å²) in [6, 6.07) is 9.46. The van der Waals surface area contributed by atoms with E-state index in [1.807, 2.05) is 31.2 Å². The molecular weight excluding hydrogens is 309 g/mol. The number of amides is 1. The van der Waals surface area contributed by atoms with Gasteiger partial charge in [-0.1, -0.05) is 41.4 Å². The highest BCUT2D eigenvalue weighted by Gasteiger charge is 2.30. The lowest BCUT2D eigenvalue weighted by molar-refractivity contribution is 0.0975. The molecule has 1 atom stereocenters. The lowest BCUT2D eigenvalue weighted by Gasteiger charge is -2.35. The Morgan fingerprint density at radius 2 is 2.05 bits per heavy atom. The van der Waals surface area contributed by atoms with Gasteiger partial charge in [0.25, 0.3) is 5.91 Å². The van der Waals surface area contributed by atoms with E-state index in [2.05, 4.69) is 10.2 Å². The maximum Gasteiger partial charge on any atom is 0.261 e. The molecule has 21 heavy (non-hydrogen) atoms. The van der Waals surface area contributed by atoms with Crippen molar-refractivity contribution in [3.05, 3.63) is 51.8 Å². The van der Waals surface area contributed by atoms with E-state index in [1.165, 1.54) is 6.07 Å². The first-order valence-electron chi connectivity index (χ1n) is 6.68. The molecule has 0 spiro atoms. The van der Waals surface area contributed by atoms with E-state index in [1.54, 1.807) is 4.90 Å². The number of hydrogen-bond acceptors (Lipinski definition) is 3. The Hall–Kier alpha value is -1.65. The summed E-state index contributed by atoms with van der Waals surface area (Å²) in [6.45, 7) is 2.03. The highest BCUT2D eigenvalue weighted by atomic mass is 35.5. The van der Waals surface area contributed by atoms with E-state index in [9.17, 15) is 4.79 Å². The first-order chi connectivity index (χ1) is 10.1. The van der Waals surface area contributed by atoms with Crippen molar-refractivity contribution < 1.29 is 4.79 Å². The van der Waals surface area contributed by atoms with Crippen LogP contribution in [0, 0.1) is 0 Å². The zero-order valence-corrected chi connectivity index (χ0v) is 12.9. The summed E-state index contributed by atoms with van der Waals surface area (Å²) in [5, 5.41) is 7.58. The molecule has 0 aliphatic carbocycles. The number of rotatable bonds is 1. The second-order valence-electron chi connectivity index (χ2n) is 5.06. The molecule has 4 nitrogen and oxygen atoms in total. The van der Waals surface area contributed by atoms with Gasteiger partial charge in [0.15, 0.2) is 10.3 Å². The molecule has 108 valence electrons. The predicted molar refractivity (Wildman–Crippen MR) is 83.1 cm³/mol. The number of halogens is 2. The zero-order valence-electron chi connectivity index (χ0n) is 11.4. The second kappa shape index (κ2) is 5.62. The molecule has 3 rings (SSSR count). The van der Waals surface area contributed by atoms with Crippen molar-refractivity contribution >= 4 is 34.8 Å². The van der Waals surface area contributed by atoms with Crippen LogP contribution in [0.25, 0.3) is 0 Å². The lowest BCUT2D eigenvalue weighted by Crippen LogP contribution is -2.42. The molecule has 2 aromatic rings. The van der Waals surface area contributed by atoms with Crippen LogP contribution in [-0.2, 0) is 6.42 Å². The summed E-state index contributed by atoms with van der Waals surface area (Å²) in [5.41, 5.74) is 2.36. The summed E-state index contributed by atoms with van der Waals surface area (Å²) in [5.74, 6) is -0.198. The third kappa shape index (κ3) is 2.61. The van der Waals surface area contributed by atoms with Crippen LogP contribution in [-0.4, -0.2) is 22.1 Å². The quantitative estimate of drug-likeness (QED) is 0.803. The average Bonchev–Trinajstić information content (AvgIpc) is 2.49. The van der Waals surface area contributed by atoms with Gasteiger partial charge in [-0.3, -0.25) is 4.79 Å². The molecule has 1 aromatic heterocycles. The summed E-state index contributed by atoms with van der Waals surface area (Å²) in [6.07, 6.45) is 1.87. The van der Waals surface area contributed by atoms with Crippen molar-refractivity contribution in [1.29, 1.82) is 0 Å². The van der Waals surface area contributed by atoms with Crippen LogP contribution in [0.3, 0.4) is 0 Å². The molecule has 0 radical (unpaired) electrons. The van der Waals surface area contributed by atoms with Crippen molar-refractivity contribution in [2.75, 3.05) is 4.90 Å². The smallest absolute Gasteiger partial charge is 0.261 e.